The summed E-state index contributed by atoms with van der Waals surface area (Å²) in [6.07, 6.45) is 6.78. The second kappa shape index (κ2) is 5.19. The Morgan fingerprint density at radius 3 is 3.05 bits per heavy atom. The van der Waals surface area contributed by atoms with Gasteiger partial charge >= 0.3 is 0 Å². The van der Waals surface area contributed by atoms with E-state index in [-0.39, 0.29) is 0 Å². The third kappa shape index (κ3) is 2.56. The van der Waals surface area contributed by atoms with Crippen LogP contribution in [0.2, 0.25) is 0 Å². The fraction of sp³-hybridized carbons (Fsp3) is 0.471. The van der Waals surface area contributed by atoms with Crippen LogP contribution in [0.5, 0.6) is 5.75 Å². The molecule has 0 bridgehead atoms. The molecule has 1 aliphatic heterocycles. The van der Waals surface area contributed by atoms with Crippen molar-refractivity contribution in [1.29, 1.82) is 0 Å². The van der Waals surface area contributed by atoms with Crippen LogP contribution >= 0.6 is 0 Å². The SMILES string of the molecule is COc1cccc([C@H]2Cn3ccnc3CN2CC2CC2)c1. The topological polar surface area (TPSA) is 30.3 Å². The number of imidazole rings is 1. The first-order valence-corrected chi connectivity index (χ1v) is 7.71. The molecule has 2 aliphatic rings. The average Bonchev–Trinajstić information content (AvgIpc) is 3.22. The van der Waals surface area contributed by atoms with Gasteiger partial charge in [-0.2, -0.15) is 0 Å². The van der Waals surface area contributed by atoms with Gasteiger partial charge in [-0.05, 0) is 36.5 Å². The fourth-order valence-corrected chi connectivity index (χ4v) is 3.24. The summed E-state index contributed by atoms with van der Waals surface area (Å²) in [5, 5.41) is 0. The summed E-state index contributed by atoms with van der Waals surface area (Å²) in [5.74, 6) is 3.02. The van der Waals surface area contributed by atoms with E-state index in [2.05, 4.69) is 38.8 Å². The van der Waals surface area contributed by atoms with Crippen molar-refractivity contribution in [2.24, 2.45) is 5.92 Å². The van der Waals surface area contributed by atoms with Gasteiger partial charge in [-0.1, -0.05) is 12.1 Å². The Hall–Kier alpha value is -1.81. The van der Waals surface area contributed by atoms with E-state index >= 15 is 0 Å². The summed E-state index contributed by atoms with van der Waals surface area (Å²) in [6, 6.07) is 8.91. The molecule has 1 atom stereocenters. The predicted octanol–water partition coefficient (Wildman–Crippen LogP) is 2.86. The Balaban J connectivity index is 1.65. The number of ether oxygens (including phenoxy) is 1. The summed E-state index contributed by atoms with van der Waals surface area (Å²) in [5.41, 5.74) is 1.34. The molecular formula is C17H21N3O. The van der Waals surface area contributed by atoms with Crippen molar-refractivity contribution in [3.8, 4) is 5.75 Å². The lowest BCUT2D eigenvalue weighted by molar-refractivity contribution is 0.130. The number of fused-ring (bicyclic) bond motifs is 1. The summed E-state index contributed by atoms with van der Waals surface area (Å²) in [6.45, 7) is 3.12. The largest absolute Gasteiger partial charge is 0.497 e. The molecule has 4 rings (SSSR count). The van der Waals surface area contributed by atoms with Crippen molar-refractivity contribution < 1.29 is 4.74 Å². The van der Waals surface area contributed by atoms with Gasteiger partial charge in [0.05, 0.1) is 19.7 Å². The number of benzene rings is 1. The maximum atomic E-state index is 5.39. The van der Waals surface area contributed by atoms with Gasteiger partial charge in [-0.3, -0.25) is 4.90 Å². The monoisotopic (exact) mass is 283 g/mol. The molecule has 1 aromatic heterocycles. The van der Waals surface area contributed by atoms with Gasteiger partial charge in [-0.15, -0.1) is 0 Å². The minimum atomic E-state index is 0.419. The molecule has 1 saturated carbocycles. The Morgan fingerprint density at radius 2 is 2.24 bits per heavy atom. The Labute approximate surface area is 125 Å². The molecule has 2 aromatic rings. The number of hydrogen-bond acceptors (Lipinski definition) is 3. The van der Waals surface area contributed by atoms with Gasteiger partial charge in [0.1, 0.15) is 11.6 Å². The first kappa shape index (κ1) is 12.9. The van der Waals surface area contributed by atoms with Crippen LogP contribution in [0.15, 0.2) is 36.7 Å². The predicted molar refractivity (Wildman–Crippen MR) is 81.1 cm³/mol. The summed E-state index contributed by atoms with van der Waals surface area (Å²) in [4.78, 5) is 7.09. The van der Waals surface area contributed by atoms with E-state index < -0.39 is 0 Å². The molecule has 0 radical (unpaired) electrons. The third-order valence-electron chi connectivity index (χ3n) is 4.62. The maximum absolute atomic E-state index is 5.39. The molecule has 2 heterocycles. The van der Waals surface area contributed by atoms with E-state index in [1.165, 1.54) is 30.8 Å². The molecule has 4 heteroatoms. The molecule has 0 unspecified atom stereocenters. The zero-order chi connectivity index (χ0) is 14.2. The molecule has 4 nitrogen and oxygen atoms in total. The highest BCUT2D eigenvalue weighted by Gasteiger charge is 2.32. The van der Waals surface area contributed by atoms with Crippen LogP contribution in [0.25, 0.3) is 0 Å². The van der Waals surface area contributed by atoms with Crippen LogP contribution in [0, 0.1) is 5.92 Å². The highest BCUT2D eigenvalue weighted by Crippen LogP contribution is 2.36. The summed E-state index contributed by atoms with van der Waals surface area (Å²) in [7, 11) is 1.73. The average molecular weight is 283 g/mol. The van der Waals surface area contributed by atoms with Gasteiger partial charge in [0.2, 0.25) is 0 Å². The molecule has 0 saturated heterocycles. The molecule has 1 aliphatic carbocycles. The van der Waals surface area contributed by atoms with Crippen molar-refractivity contribution in [3.05, 3.63) is 48.0 Å². The third-order valence-corrected chi connectivity index (χ3v) is 4.62. The second-order valence-electron chi connectivity index (χ2n) is 6.16. The van der Waals surface area contributed by atoms with E-state index in [4.69, 9.17) is 4.74 Å². The molecule has 21 heavy (non-hydrogen) atoms. The van der Waals surface area contributed by atoms with Gasteiger partial charge in [0.15, 0.2) is 0 Å². The first-order valence-electron chi connectivity index (χ1n) is 7.71. The zero-order valence-electron chi connectivity index (χ0n) is 12.4. The lowest BCUT2D eigenvalue weighted by atomic mass is 10.0. The van der Waals surface area contributed by atoms with Crippen molar-refractivity contribution in [2.45, 2.75) is 32.0 Å². The minimum Gasteiger partial charge on any atom is -0.497 e. The maximum Gasteiger partial charge on any atom is 0.122 e. The van der Waals surface area contributed by atoms with Crippen LogP contribution in [-0.4, -0.2) is 28.1 Å². The molecule has 1 aromatic carbocycles. The quantitative estimate of drug-likeness (QED) is 0.864. The van der Waals surface area contributed by atoms with Gasteiger partial charge in [0, 0.05) is 25.5 Å². The normalized spacial score (nSPS) is 22.0. The number of hydrogen-bond donors (Lipinski definition) is 0. The molecule has 0 amide bonds. The standard InChI is InChI=1S/C17H21N3O/c1-21-15-4-2-3-14(9-15)16-11-19-8-7-18-17(19)12-20(16)10-13-5-6-13/h2-4,7-9,13,16H,5-6,10-12H2,1H3/t16-/m1/s1. The molecule has 110 valence electrons. The van der Waals surface area contributed by atoms with E-state index in [1.807, 2.05) is 12.3 Å². The highest BCUT2D eigenvalue weighted by molar-refractivity contribution is 5.31. The first-order chi connectivity index (χ1) is 10.3. The highest BCUT2D eigenvalue weighted by atomic mass is 16.5. The molecule has 1 fully saturated rings. The number of rotatable bonds is 4. The van der Waals surface area contributed by atoms with Crippen LogP contribution in [0.4, 0.5) is 0 Å². The lowest BCUT2D eigenvalue weighted by Crippen LogP contribution is -2.38. The number of methoxy groups -OCH3 is 1. The Kier molecular flexibility index (Phi) is 3.19. The van der Waals surface area contributed by atoms with Crippen molar-refractivity contribution in [3.63, 3.8) is 0 Å². The van der Waals surface area contributed by atoms with Crippen molar-refractivity contribution in [1.82, 2.24) is 14.5 Å². The van der Waals surface area contributed by atoms with E-state index in [0.717, 1.165) is 24.8 Å². The van der Waals surface area contributed by atoms with Gasteiger partial charge in [-0.25, -0.2) is 4.98 Å². The summed E-state index contributed by atoms with van der Waals surface area (Å²) < 4.78 is 7.68. The van der Waals surface area contributed by atoms with E-state index in [9.17, 15) is 0 Å². The van der Waals surface area contributed by atoms with Crippen LogP contribution in [-0.2, 0) is 13.1 Å². The smallest absolute Gasteiger partial charge is 0.122 e. The molecular weight excluding hydrogens is 262 g/mol. The van der Waals surface area contributed by atoms with E-state index in [0.29, 0.717) is 6.04 Å². The second-order valence-corrected chi connectivity index (χ2v) is 6.16. The summed E-state index contributed by atoms with van der Waals surface area (Å²) >= 11 is 0. The van der Waals surface area contributed by atoms with E-state index in [1.54, 1.807) is 7.11 Å². The lowest BCUT2D eigenvalue weighted by Gasteiger charge is -2.36. The molecule has 0 N–H and O–H groups in total. The van der Waals surface area contributed by atoms with Gasteiger partial charge < -0.3 is 9.30 Å². The molecule has 0 spiro atoms. The Morgan fingerprint density at radius 1 is 1.33 bits per heavy atom. The van der Waals surface area contributed by atoms with Crippen LogP contribution in [0.3, 0.4) is 0 Å². The minimum absolute atomic E-state index is 0.419. The number of nitrogens with zero attached hydrogens (tertiary/aromatic N) is 3. The van der Waals surface area contributed by atoms with Crippen molar-refractivity contribution in [2.75, 3.05) is 13.7 Å². The van der Waals surface area contributed by atoms with Gasteiger partial charge in [0.25, 0.3) is 0 Å². The number of aromatic nitrogens is 2. The van der Waals surface area contributed by atoms with Crippen LogP contribution in [0.1, 0.15) is 30.3 Å². The van der Waals surface area contributed by atoms with Crippen LogP contribution < -0.4 is 4.74 Å². The zero-order valence-corrected chi connectivity index (χ0v) is 12.4. The van der Waals surface area contributed by atoms with Crippen molar-refractivity contribution >= 4 is 0 Å². The Bertz CT molecular complexity index is 632. The fourth-order valence-electron chi connectivity index (χ4n) is 3.24.